The van der Waals surface area contributed by atoms with Gasteiger partial charge < -0.3 is 40.7 Å². The van der Waals surface area contributed by atoms with Crippen molar-refractivity contribution in [1.29, 1.82) is 0 Å². The van der Waals surface area contributed by atoms with Crippen LogP contribution in [0.15, 0.2) is 0 Å². The lowest BCUT2D eigenvalue weighted by Crippen LogP contribution is -2.58. The smallest absolute Gasteiger partial charge is 0.221 e. The molecule has 9 nitrogen and oxygen atoms in total. The molecule has 7 N–H and O–H groups in total. The van der Waals surface area contributed by atoms with Crippen molar-refractivity contribution in [3.05, 3.63) is 0 Å². The van der Waals surface area contributed by atoms with E-state index in [9.17, 15) is 35.4 Å². The van der Waals surface area contributed by atoms with Crippen LogP contribution < -0.4 is 5.32 Å². The Bertz CT molecular complexity index is 709. The molecule has 0 bridgehead atoms. The molecule has 1 fully saturated rings. The molecule has 2 unspecified atom stereocenters. The highest BCUT2D eigenvalue weighted by atomic mass is 16.5. The maximum absolute atomic E-state index is 12.5. The minimum Gasteiger partial charge on any atom is -0.394 e. The van der Waals surface area contributed by atoms with Crippen molar-refractivity contribution in [2.75, 3.05) is 6.61 Å². The summed E-state index contributed by atoms with van der Waals surface area (Å²) in [7, 11) is 0. The summed E-state index contributed by atoms with van der Waals surface area (Å²) in [6.45, 7) is 3.68. The molecule has 234 valence electrons. The highest BCUT2D eigenvalue weighted by Gasteiger charge is 2.43. The van der Waals surface area contributed by atoms with Crippen molar-refractivity contribution >= 4 is 5.91 Å². The van der Waals surface area contributed by atoms with Crippen LogP contribution >= 0.6 is 0 Å². The van der Waals surface area contributed by atoms with Gasteiger partial charge in [-0.1, -0.05) is 116 Å². The van der Waals surface area contributed by atoms with Crippen LogP contribution in [0.1, 0.15) is 123 Å². The van der Waals surface area contributed by atoms with Crippen molar-refractivity contribution in [2.45, 2.75) is 172 Å². The summed E-state index contributed by atoms with van der Waals surface area (Å²) in [4.78, 5) is 12.5. The van der Waals surface area contributed by atoms with Gasteiger partial charge >= 0.3 is 0 Å². The lowest BCUT2D eigenvalue weighted by atomic mass is 9.94. The number of aliphatic hydroxyl groups is 6. The minimum atomic E-state index is -1.58. The molecular formula is C31H57NO8. The van der Waals surface area contributed by atoms with Crippen LogP contribution in [0.4, 0.5) is 0 Å². The molecule has 8 atom stereocenters. The quantitative estimate of drug-likeness (QED) is 0.0818. The van der Waals surface area contributed by atoms with Crippen molar-refractivity contribution in [1.82, 2.24) is 5.32 Å². The Labute approximate surface area is 241 Å². The third kappa shape index (κ3) is 14.6. The first-order valence-electron chi connectivity index (χ1n) is 15.7. The Hall–Kier alpha value is -1.25. The average Bonchev–Trinajstić information content (AvgIpc) is 2.95. The van der Waals surface area contributed by atoms with Gasteiger partial charge in [0.2, 0.25) is 5.91 Å². The summed E-state index contributed by atoms with van der Waals surface area (Å²) in [5.41, 5.74) is 0. The summed E-state index contributed by atoms with van der Waals surface area (Å²) in [5.74, 6) is 5.01. The fraction of sp³-hybridized carbons (Fsp3) is 0.903. The van der Waals surface area contributed by atoms with Gasteiger partial charge in [0.1, 0.15) is 42.7 Å². The summed E-state index contributed by atoms with van der Waals surface area (Å²) in [5, 5.41) is 63.9. The largest absolute Gasteiger partial charge is 0.394 e. The second-order valence-corrected chi connectivity index (χ2v) is 11.3. The highest BCUT2D eigenvalue weighted by Crippen LogP contribution is 2.21. The maximum Gasteiger partial charge on any atom is 0.221 e. The Morgan fingerprint density at radius 1 is 0.775 bits per heavy atom. The molecule has 0 saturated carbocycles. The number of unbranched alkanes of at least 4 members (excludes halogenated alkanes) is 13. The van der Waals surface area contributed by atoms with Crippen LogP contribution in [0.5, 0.6) is 0 Å². The molecule has 0 aromatic rings. The van der Waals surface area contributed by atoms with E-state index in [1.54, 1.807) is 0 Å². The summed E-state index contributed by atoms with van der Waals surface area (Å²) < 4.78 is 5.41. The maximum atomic E-state index is 12.5. The number of carbonyl (C=O) groups excluding carboxylic acids is 1. The zero-order valence-electron chi connectivity index (χ0n) is 24.8. The van der Waals surface area contributed by atoms with E-state index in [4.69, 9.17) is 4.74 Å². The van der Waals surface area contributed by atoms with Crippen LogP contribution in [0.25, 0.3) is 0 Å². The van der Waals surface area contributed by atoms with E-state index in [2.05, 4.69) is 24.1 Å². The lowest BCUT2D eigenvalue weighted by Gasteiger charge is -2.38. The normalized spacial score (nSPS) is 25.1. The molecule has 0 aromatic carbocycles. The van der Waals surface area contributed by atoms with Gasteiger partial charge in [-0.3, -0.25) is 4.79 Å². The van der Waals surface area contributed by atoms with E-state index in [1.165, 1.54) is 51.4 Å². The molecule has 1 aliphatic rings. The third-order valence-corrected chi connectivity index (χ3v) is 7.69. The second kappa shape index (κ2) is 22.4. The van der Waals surface area contributed by atoms with Crippen LogP contribution in [0.3, 0.4) is 0 Å². The van der Waals surface area contributed by atoms with Crippen LogP contribution in [0, 0.1) is 11.8 Å². The van der Waals surface area contributed by atoms with E-state index in [0.717, 1.165) is 38.5 Å². The topological polar surface area (TPSA) is 160 Å². The van der Waals surface area contributed by atoms with E-state index in [0.29, 0.717) is 12.8 Å². The van der Waals surface area contributed by atoms with Gasteiger partial charge in [0.05, 0.1) is 12.7 Å². The Balaban J connectivity index is 2.59. The second-order valence-electron chi connectivity index (χ2n) is 11.3. The standard InChI is InChI=1S/C31H57NO8/c1-3-5-7-8-9-10-11-12-13-14-15-17-18-24(34)28(36)23(32-27(35)19-16-6-4-2)20-21-25-29(37)31(39)30(38)26(22-33)40-25/h23-26,28-31,33-34,36-39H,3-19,22H2,1-2H3,(H,32,35)/t23-,24-,25+,26?,28-,29?,30-,31+/m0/s1. The zero-order valence-corrected chi connectivity index (χ0v) is 24.8. The molecule has 1 saturated heterocycles. The van der Waals surface area contributed by atoms with Crippen molar-refractivity contribution in [3.63, 3.8) is 0 Å². The van der Waals surface area contributed by atoms with Crippen molar-refractivity contribution in [3.8, 4) is 11.8 Å². The first-order chi connectivity index (χ1) is 19.3. The first-order valence-corrected chi connectivity index (χ1v) is 15.7. The highest BCUT2D eigenvalue weighted by molar-refractivity contribution is 5.76. The number of ether oxygens (including phenoxy) is 1. The van der Waals surface area contributed by atoms with Gasteiger partial charge in [-0.05, 0) is 12.8 Å². The monoisotopic (exact) mass is 571 g/mol. The van der Waals surface area contributed by atoms with Gasteiger partial charge in [0.15, 0.2) is 0 Å². The number of carbonyl (C=O) groups is 1. The fourth-order valence-corrected chi connectivity index (χ4v) is 4.97. The molecule has 1 heterocycles. The molecule has 0 aliphatic carbocycles. The van der Waals surface area contributed by atoms with Crippen LogP contribution in [-0.2, 0) is 9.53 Å². The third-order valence-electron chi connectivity index (χ3n) is 7.69. The SMILES string of the molecule is CCCCCCCCCCCCCC[C@H](O)[C@@H](O)[C@H](C#C[C@H]1OC(CO)[C@H](O)[C@H](O)C1O)NC(=O)CCCCC. The predicted molar refractivity (Wildman–Crippen MR) is 155 cm³/mol. The van der Waals surface area contributed by atoms with Crippen molar-refractivity contribution in [2.24, 2.45) is 0 Å². The van der Waals surface area contributed by atoms with Gasteiger partial charge in [0.25, 0.3) is 0 Å². The van der Waals surface area contributed by atoms with E-state index in [-0.39, 0.29) is 12.3 Å². The zero-order chi connectivity index (χ0) is 29.8. The molecule has 40 heavy (non-hydrogen) atoms. The molecule has 0 spiro atoms. The molecule has 9 heteroatoms. The Morgan fingerprint density at radius 2 is 1.30 bits per heavy atom. The van der Waals surface area contributed by atoms with Crippen molar-refractivity contribution < 1.29 is 40.2 Å². The lowest BCUT2D eigenvalue weighted by molar-refractivity contribution is -0.214. The van der Waals surface area contributed by atoms with Crippen LogP contribution in [-0.4, -0.2) is 91.9 Å². The predicted octanol–water partition coefficient (Wildman–Crippen LogP) is 2.71. The summed E-state index contributed by atoms with van der Waals surface area (Å²) in [6, 6.07) is -1.12. The molecule has 0 aromatic heterocycles. The number of hydrogen-bond acceptors (Lipinski definition) is 8. The number of aliphatic hydroxyl groups excluding tert-OH is 6. The molecular weight excluding hydrogens is 514 g/mol. The Kier molecular flexibility index (Phi) is 20.6. The number of hydrogen-bond donors (Lipinski definition) is 7. The minimum absolute atomic E-state index is 0.258. The molecule has 0 radical (unpaired) electrons. The average molecular weight is 572 g/mol. The molecule has 1 amide bonds. The fourth-order valence-electron chi connectivity index (χ4n) is 4.97. The Morgan fingerprint density at radius 3 is 1.85 bits per heavy atom. The van der Waals surface area contributed by atoms with Gasteiger partial charge in [-0.2, -0.15) is 0 Å². The summed E-state index contributed by atoms with van der Waals surface area (Å²) >= 11 is 0. The van der Waals surface area contributed by atoms with E-state index < -0.39 is 55.4 Å². The molecule has 1 aliphatic heterocycles. The van der Waals surface area contributed by atoms with Gasteiger partial charge in [0, 0.05) is 6.42 Å². The van der Waals surface area contributed by atoms with E-state index in [1.807, 2.05) is 6.92 Å². The van der Waals surface area contributed by atoms with E-state index >= 15 is 0 Å². The van der Waals surface area contributed by atoms with Crippen LogP contribution in [0.2, 0.25) is 0 Å². The summed E-state index contributed by atoms with van der Waals surface area (Å²) in [6.07, 6.45) is 8.00. The molecule has 1 rings (SSSR count). The number of nitrogens with one attached hydrogen (secondary N) is 1. The number of amides is 1. The van der Waals surface area contributed by atoms with Gasteiger partial charge in [-0.25, -0.2) is 0 Å². The number of rotatable bonds is 21. The first kappa shape index (κ1) is 36.8. The van der Waals surface area contributed by atoms with Gasteiger partial charge in [-0.15, -0.1) is 0 Å².